The van der Waals surface area contributed by atoms with Crippen LogP contribution in [0.25, 0.3) is 0 Å². The molecule has 0 spiro atoms. The van der Waals surface area contributed by atoms with Gasteiger partial charge in [0.15, 0.2) is 0 Å². The molecular formula is C16H26BrNO3. The van der Waals surface area contributed by atoms with Gasteiger partial charge in [-0.3, -0.25) is 0 Å². The van der Waals surface area contributed by atoms with E-state index in [4.69, 9.17) is 14.2 Å². The van der Waals surface area contributed by atoms with E-state index < -0.39 is 0 Å². The molecular weight excluding hydrogens is 334 g/mol. The molecule has 120 valence electrons. The van der Waals surface area contributed by atoms with Crippen molar-refractivity contribution in [3.05, 3.63) is 27.7 Å². The lowest BCUT2D eigenvalue weighted by atomic mass is 10.1. The van der Waals surface area contributed by atoms with E-state index in [0.29, 0.717) is 26.4 Å². The van der Waals surface area contributed by atoms with Crippen LogP contribution in [0.15, 0.2) is 16.6 Å². The highest BCUT2D eigenvalue weighted by molar-refractivity contribution is 9.10. The molecule has 0 bridgehead atoms. The summed E-state index contributed by atoms with van der Waals surface area (Å²) in [4.78, 5) is 0. The van der Waals surface area contributed by atoms with Crippen molar-refractivity contribution in [1.29, 1.82) is 0 Å². The Morgan fingerprint density at radius 2 is 1.95 bits per heavy atom. The van der Waals surface area contributed by atoms with Gasteiger partial charge in [-0.1, -0.05) is 22.9 Å². The summed E-state index contributed by atoms with van der Waals surface area (Å²) < 4.78 is 17.4. The molecule has 0 unspecified atom stereocenters. The summed E-state index contributed by atoms with van der Waals surface area (Å²) in [5, 5.41) is 3.34. The molecule has 0 heterocycles. The molecule has 1 N–H and O–H groups in total. The first-order valence-corrected chi connectivity index (χ1v) is 8.17. The molecule has 1 aromatic carbocycles. The summed E-state index contributed by atoms with van der Waals surface area (Å²) in [5.74, 6) is 0.982. The Kier molecular flexibility index (Phi) is 9.67. The fraction of sp³-hybridized carbons (Fsp3) is 0.625. The second-order valence-electron chi connectivity index (χ2n) is 4.80. The number of benzene rings is 1. The van der Waals surface area contributed by atoms with Gasteiger partial charge < -0.3 is 19.5 Å². The van der Waals surface area contributed by atoms with Crippen LogP contribution in [0, 0.1) is 6.92 Å². The molecule has 0 aromatic heterocycles. The van der Waals surface area contributed by atoms with Crippen molar-refractivity contribution < 1.29 is 14.2 Å². The van der Waals surface area contributed by atoms with Crippen LogP contribution in [0.4, 0.5) is 0 Å². The number of rotatable bonds is 11. The van der Waals surface area contributed by atoms with Gasteiger partial charge in [0.05, 0.1) is 19.8 Å². The maximum absolute atomic E-state index is 5.95. The zero-order chi connectivity index (χ0) is 15.5. The molecule has 21 heavy (non-hydrogen) atoms. The van der Waals surface area contributed by atoms with Gasteiger partial charge in [-0.05, 0) is 31.2 Å². The summed E-state index contributed by atoms with van der Waals surface area (Å²) in [5.41, 5.74) is 2.33. The van der Waals surface area contributed by atoms with Crippen LogP contribution >= 0.6 is 15.9 Å². The van der Waals surface area contributed by atoms with Crippen LogP contribution in [0.3, 0.4) is 0 Å². The molecule has 0 amide bonds. The number of methoxy groups -OCH3 is 1. The molecule has 0 radical (unpaired) electrons. The number of hydrogen-bond acceptors (Lipinski definition) is 4. The summed E-state index contributed by atoms with van der Waals surface area (Å²) in [6.07, 6.45) is 0.875. The predicted octanol–water partition coefficient (Wildman–Crippen LogP) is 3.30. The van der Waals surface area contributed by atoms with Gasteiger partial charge in [-0.15, -0.1) is 0 Å². The summed E-state index contributed by atoms with van der Waals surface area (Å²) in [6.45, 7) is 8.57. The van der Waals surface area contributed by atoms with Gasteiger partial charge in [0, 0.05) is 36.7 Å². The first-order chi connectivity index (χ1) is 10.2. The van der Waals surface area contributed by atoms with Crippen LogP contribution in [0.5, 0.6) is 5.75 Å². The van der Waals surface area contributed by atoms with Crippen molar-refractivity contribution in [1.82, 2.24) is 5.32 Å². The Morgan fingerprint density at radius 3 is 2.67 bits per heavy atom. The first kappa shape index (κ1) is 18.4. The molecule has 0 saturated carbocycles. The molecule has 0 aliphatic rings. The van der Waals surface area contributed by atoms with Crippen molar-refractivity contribution in [2.75, 3.05) is 40.1 Å². The van der Waals surface area contributed by atoms with E-state index in [1.807, 2.05) is 0 Å². The summed E-state index contributed by atoms with van der Waals surface area (Å²) >= 11 is 3.54. The normalized spacial score (nSPS) is 10.9. The second kappa shape index (κ2) is 11.0. The molecule has 0 aliphatic carbocycles. The lowest BCUT2D eigenvalue weighted by Crippen LogP contribution is -2.14. The minimum absolute atomic E-state index is 0.638. The van der Waals surface area contributed by atoms with E-state index in [1.54, 1.807) is 7.11 Å². The smallest absolute Gasteiger partial charge is 0.126 e. The molecule has 0 aliphatic heterocycles. The summed E-state index contributed by atoms with van der Waals surface area (Å²) in [7, 11) is 1.68. The van der Waals surface area contributed by atoms with Crippen LogP contribution in [-0.2, 0) is 16.0 Å². The van der Waals surface area contributed by atoms with Gasteiger partial charge in [0.2, 0.25) is 0 Å². The second-order valence-corrected chi connectivity index (χ2v) is 5.71. The Morgan fingerprint density at radius 1 is 1.14 bits per heavy atom. The number of hydrogen-bond donors (Lipinski definition) is 1. The maximum atomic E-state index is 5.95. The average molecular weight is 360 g/mol. The topological polar surface area (TPSA) is 39.7 Å². The fourth-order valence-electron chi connectivity index (χ4n) is 1.98. The molecule has 0 fully saturated rings. The molecule has 1 aromatic rings. The van der Waals surface area contributed by atoms with Crippen molar-refractivity contribution in [2.45, 2.75) is 26.8 Å². The number of halogens is 1. The summed E-state index contributed by atoms with van der Waals surface area (Å²) in [6, 6.07) is 4.19. The third-order valence-corrected chi connectivity index (χ3v) is 3.45. The largest absolute Gasteiger partial charge is 0.493 e. The monoisotopic (exact) mass is 359 g/mol. The maximum Gasteiger partial charge on any atom is 0.126 e. The standard InChI is InChI=1S/C16H26BrNO3/c1-4-18-12-14-11-15(17)10-13(2)16(14)21-7-5-6-20-9-8-19-3/h10-11,18H,4-9,12H2,1-3H3. The average Bonchev–Trinajstić information content (AvgIpc) is 2.46. The predicted molar refractivity (Wildman–Crippen MR) is 89.1 cm³/mol. The van der Waals surface area contributed by atoms with Crippen LogP contribution in [-0.4, -0.2) is 40.1 Å². The van der Waals surface area contributed by atoms with Gasteiger partial charge in [0.1, 0.15) is 5.75 Å². The lowest BCUT2D eigenvalue weighted by Gasteiger charge is -2.15. The lowest BCUT2D eigenvalue weighted by molar-refractivity contribution is 0.0643. The van der Waals surface area contributed by atoms with E-state index in [-0.39, 0.29) is 0 Å². The fourth-order valence-corrected chi connectivity index (χ4v) is 2.60. The number of ether oxygens (including phenoxy) is 3. The van der Waals surface area contributed by atoms with Crippen molar-refractivity contribution in [2.24, 2.45) is 0 Å². The quantitative estimate of drug-likeness (QED) is 0.615. The molecule has 0 atom stereocenters. The van der Waals surface area contributed by atoms with Crippen molar-refractivity contribution >= 4 is 15.9 Å². The molecule has 1 rings (SSSR count). The third kappa shape index (κ3) is 7.27. The van der Waals surface area contributed by atoms with Crippen molar-refractivity contribution in [3.63, 3.8) is 0 Å². The van der Waals surface area contributed by atoms with E-state index in [9.17, 15) is 0 Å². The van der Waals surface area contributed by atoms with Crippen LogP contribution < -0.4 is 10.1 Å². The van der Waals surface area contributed by atoms with E-state index in [1.165, 1.54) is 5.56 Å². The van der Waals surface area contributed by atoms with Crippen molar-refractivity contribution in [3.8, 4) is 5.75 Å². The highest BCUT2D eigenvalue weighted by Crippen LogP contribution is 2.28. The molecule has 4 nitrogen and oxygen atoms in total. The van der Waals surface area contributed by atoms with E-state index in [0.717, 1.165) is 35.3 Å². The van der Waals surface area contributed by atoms with Crippen LogP contribution in [0.1, 0.15) is 24.5 Å². The minimum atomic E-state index is 0.638. The number of aryl methyl sites for hydroxylation is 1. The SMILES string of the molecule is CCNCc1cc(Br)cc(C)c1OCCCOCCOC. The Labute approximate surface area is 136 Å². The Hall–Kier alpha value is -0.620. The Bertz CT molecular complexity index is 413. The first-order valence-electron chi connectivity index (χ1n) is 7.38. The van der Waals surface area contributed by atoms with Gasteiger partial charge in [-0.25, -0.2) is 0 Å². The van der Waals surface area contributed by atoms with E-state index in [2.05, 4.69) is 47.2 Å². The zero-order valence-electron chi connectivity index (χ0n) is 13.2. The minimum Gasteiger partial charge on any atom is -0.493 e. The highest BCUT2D eigenvalue weighted by Gasteiger charge is 2.08. The van der Waals surface area contributed by atoms with Crippen LogP contribution in [0.2, 0.25) is 0 Å². The van der Waals surface area contributed by atoms with Gasteiger partial charge in [0.25, 0.3) is 0 Å². The molecule has 5 heteroatoms. The van der Waals surface area contributed by atoms with Gasteiger partial charge >= 0.3 is 0 Å². The molecule has 0 saturated heterocycles. The Balaban J connectivity index is 2.45. The van der Waals surface area contributed by atoms with E-state index >= 15 is 0 Å². The highest BCUT2D eigenvalue weighted by atomic mass is 79.9. The van der Waals surface area contributed by atoms with Gasteiger partial charge in [-0.2, -0.15) is 0 Å². The zero-order valence-corrected chi connectivity index (χ0v) is 14.8. The number of nitrogens with one attached hydrogen (secondary N) is 1. The third-order valence-electron chi connectivity index (χ3n) is 2.99.